The van der Waals surface area contributed by atoms with E-state index < -0.39 is 0 Å². The molecule has 144 valence electrons. The zero-order chi connectivity index (χ0) is 20.5. The Morgan fingerprint density at radius 2 is 1.55 bits per heavy atom. The quantitative estimate of drug-likeness (QED) is 0.315. The van der Waals surface area contributed by atoms with Gasteiger partial charge in [-0.2, -0.15) is 0 Å². The number of fused-ring (bicyclic) bond motifs is 1. The fraction of sp³-hybridized carbons (Fsp3) is 0.0833. The van der Waals surface area contributed by atoms with Crippen molar-refractivity contribution in [2.24, 2.45) is 0 Å². The van der Waals surface area contributed by atoms with Crippen molar-refractivity contribution in [2.75, 3.05) is 5.32 Å². The van der Waals surface area contributed by atoms with Crippen molar-refractivity contribution in [2.45, 2.75) is 13.8 Å². The lowest BCUT2D eigenvalue weighted by Gasteiger charge is -2.13. The molecule has 0 radical (unpaired) electrons. The van der Waals surface area contributed by atoms with Gasteiger partial charge in [0.1, 0.15) is 0 Å². The molecule has 0 unspecified atom stereocenters. The number of rotatable bonds is 3. The molecule has 0 saturated carbocycles. The molecule has 0 aliphatic carbocycles. The minimum absolute atomic E-state index is 0.161. The zero-order valence-electron chi connectivity index (χ0n) is 16.0. The molecule has 1 N–H and O–H groups in total. The van der Waals surface area contributed by atoms with E-state index in [9.17, 15) is 4.79 Å². The molecule has 4 rings (SSSR count). The number of halogens is 2. The van der Waals surface area contributed by atoms with E-state index >= 15 is 0 Å². The Bertz CT molecular complexity index is 1220. The summed E-state index contributed by atoms with van der Waals surface area (Å²) < 4.78 is 1.89. The van der Waals surface area contributed by atoms with Gasteiger partial charge in [-0.25, -0.2) is 4.98 Å². The number of carbonyl (C=O) groups excluding carboxylic acids is 1. The molecule has 3 aromatic carbocycles. The predicted molar refractivity (Wildman–Crippen MR) is 126 cm³/mol. The lowest BCUT2D eigenvalue weighted by molar-refractivity contribution is 0.102. The number of pyridine rings is 1. The van der Waals surface area contributed by atoms with Gasteiger partial charge in [-0.3, -0.25) is 4.79 Å². The first kappa shape index (κ1) is 19.8. The highest BCUT2D eigenvalue weighted by Gasteiger charge is 2.16. The monoisotopic (exact) mass is 508 g/mol. The molecule has 0 aliphatic heterocycles. The number of nitrogens with one attached hydrogen (secondary N) is 1. The highest BCUT2D eigenvalue weighted by molar-refractivity contribution is 9.10. The third-order valence-corrected chi connectivity index (χ3v) is 5.75. The van der Waals surface area contributed by atoms with Crippen LogP contribution in [0.25, 0.3) is 22.2 Å². The smallest absolute Gasteiger partial charge is 0.256 e. The Morgan fingerprint density at radius 1 is 0.862 bits per heavy atom. The number of aryl methyl sites for hydroxylation is 2. The Balaban J connectivity index is 1.86. The van der Waals surface area contributed by atoms with Crippen LogP contribution in [0.4, 0.5) is 5.69 Å². The summed E-state index contributed by atoms with van der Waals surface area (Å²) in [4.78, 5) is 18.1. The van der Waals surface area contributed by atoms with Crippen molar-refractivity contribution in [3.05, 3.63) is 92.4 Å². The standard InChI is InChI=1S/C24H18Br2N2O/c1-14-3-5-16(6-4-14)22-13-21(20-12-18(26)11-15(2)23(20)28-22)24(29)27-19-9-7-17(25)8-10-19/h3-13H,1-2H3,(H,27,29). The van der Waals surface area contributed by atoms with Crippen molar-refractivity contribution < 1.29 is 4.79 Å². The highest BCUT2D eigenvalue weighted by Crippen LogP contribution is 2.30. The molecule has 0 fully saturated rings. The van der Waals surface area contributed by atoms with Crippen LogP contribution in [0.3, 0.4) is 0 Å². The van der Waals surface area contributed by atoms with E-state index in [1.165, 1.54) is 5.56 Å². The number of nitrogens with zero attached hydrogens (tertiary/aromatic N) is 1. The lowest BCUT2D eigenvalue weighted by atomic mass is 10.0. The van der Waals surface area contributed by atoms with E-state index in [-0.39, 0.29) is 5.91 Å². The summed E-state index contributed by atoms with van der Waals surface area (Å²) >= 11 is 6.97. The Kier molecular flexibility index (Phi) is 5.52. The van der Waals surface area contributed by atoms with Crippen LogP contribution >= 0.6 is 31.9 Å². The molecule has 0 saturated heterocycles. The lowest BCUT2D eigenvalue weighted by Crippen LogP contribution is -2.13. The van der Waals surface area contributed by atoms with Crippen molar-refractivity contribution in [1.29, 1.82) is 0 Å². The molecular weight excluding hydrogens is 492 g/mol. The van der Waals surface area contributed by atoms with Gasteiger partial charge in [0, 0.05) is 25.6 Å². The van der Waals surface area contributed by atoms with Gasteiger partial charge in [0.05, 0.1) is 16.8 Å². The van der Waals surface area contributed by atoms with Crippen molar-refractivity contribution >= 4 is 54.4 Å². The molecule has 29 heavy (non-hydrogen) atoms. The van der Waals surface area contributed by atoms with Gasteiger partial charge < -0.3 is 5.32 Å². The number of aromatic nitrogens is 1. The van der Waals surface area contributed by atoms with Crippen LogP contribution in [0.15, 0.2) is 75.7 Å². The molecule has 0 bridgehead atoms. The largest absolute Gasteiger partial charge is 0.322 e. The van der Waals surface area contributed by atoms with Gasteiger partial charge in [0.15, 0.2) is 0 Å². The van der Waals surface area contributed by atoms with E-state index in [0.29, 0.717) is 5.56 Å². The molecule has 1 amide bonds. The summed E-state index contributed by atoms with van der Waals surface area (Å²) in [7, 11) is 0. The summed E-state index contributed by atoms with van der Waals surface area (Å²) in [6.45, 7) is 4.06. The minimum atomic E-state index is -0.161. The van der Waals surface area contributed by atoms with Gasteiger partial charge in [0.2, 0.25) is 0 Å². The summed E-state index contributed by atoms with van der Waals surface area (Å²) in [6, 6.07) is 21.6. The molecule has 0 atom stereocenters. The van der Waals surface area contributed by atoms with Crippen LogP contribution in [0.5, 0.6) is 0 Å². The number of amides is 1. The number of carbonyl (C=O) groups is 1. The van der Waals surface area contributed by atoms with Gasteiger partial charge in [0.25, 0.3) is 5.91 Å². The van der Waals surface area contributed by atoms with Crippen LogP contribution in [0.2, 0.25) is 0 Å². The summed E-state index contributed by atoms with van der Waals surface area (Å²) in [5.74, 6) is -0.161. The first-order valence-electron chi connectivity index (χ1n) is 9.15. The third kappa shape index (κ3) is 4.26. The van der Waals surface area contributed by atoms with Crippen molar-refractivity contribution in [3.63, 3.8) is 0 Å². The summed E-state index contributed by atoms with van der Waals surface area (Å²) in [5.41, 5.74) is 6.13. The fourth-order valence-electron chi connectivity index (χ4n) is 3.25. The predicted octanol–water partition coefficient (Wildman–Crippen LogP) is 7.30. The summed E-state index contributed by atoms with van der Waals surface area (Å²) in [5, 5.41) is 3.82. The topological polar surface area (TPSA) is 42.0 Å². The molecule has 0 aliphatic rings. The third-order valence-electron chi connectivity index (χ3n) is 4.76. The van der Waals surface area contributed by atoms with E-state index in [1.54, 1.807) is 0 Å². The van der Waals surface area contributed by atoms with Crippen LogP contribution in [-0.2, 0) is 0 Å². The second-order valence-corrected chi connectivity index (χ2v) is 8.83. The van der Waals surface area contributed by atoms with Gasteiger partial charge in [-0.05, 0) is 61.9 Å². The molecule has 5 heteroatoms. The van der Waals surface area contributed by atoms with Crippen molar-refractivity contribution in [3.8, 4) is 11.3 Å². The molecule has 1 heterocycles. The van der Waals surface area contributed by atoms with E-state index in [0.717, 1.165) is 42.4 Å². The average molecular weight is 510 g/mol. The Labute approximate surface area is 186 Å². The molecule has 4 aromatic rings. The van der Waals surface area contributed by atoms with Crippen molar-refractivity contribution in [1.82, 2.24) is 4.98 Å². The van der Waals surface area contributed by atoms with Gasteiger partial charge in [-0.1, -0.05) is 61.7 Å². The second-order valence-electron chi connectivity index (χ2n) is 7.00. The van der Waals surface area contributed by atoms with Gasteiger partial charge >= 0.3 is 0 Å². The minimum Gasteiger partial charge on any atom is -0.322 e. The number of benzene rings is 3. The zero-order valence-corrected chi connectivity index (χ0v) is 19.1. The second kappa shape index (κ2) is 8.09. The maximum absolute atomic E-state index is 13.2. The van der Waals surface area contributed by atoms with Crippen LogP contribution < -0.4 is 5.32 Å². The number of hydrogen-bond donors (Lipinski definition) is 1. The number of anilines is 1. The van der Waals surface area contributed by atoms with Crippen LogP contribution in [0.1, 0.15) is 21.5 Å². The molecule has 3 nitrogen and oxygen atoms in total. The molecule has 1 aromatic heterocycles. The van der Waals surface area contributed by atoms with Crippen LogP contribution in [-0.4, -0.2) is 10.9 Å². The number of hydrogen-bond acceptors (Lipinski definition) is 2. The van der Waals surface area contributed by atoms with E-state index in [2.05, 4.69) is 56.2 Å². The maximum Gasteiger partial charge on any atom is 0.256 e. The first-order chi connectivity index (χ1) is 13.9. The van der Waals surface area contributed by atoms with Gasteiger partial charge in [-0.15, -0.1) is 0 Å². The van der Waals surface area contributed by atoms with E-state index in [1.807, 2.05) is 61.5 Å². The Morgan fingerprint density at radius 3 is 2.24 bits per heavy atom. The molecular formula is C24H18Br2N2O. The molecule has 0 spiro atoms. The summed E-state index contributed by atoms with van der Waals surface area (Å²) in [6.07, 6.45) is 0. The normalized spacial score (nSPS) is 10.9. The maximum atomic E-state index is 13.2. The van der Waals surface area contributed by atoms with Crippen LogP contribution in [0, 0.1) is 13.8 Å². The SMILES string of the molecule is Cc1ccc(-c2cc(C(=O)Nc3ccc(Br)cc3)c3cc(Br)cc(C)c3n2)cc1. The average Bonchev–Trinajstić information content (AvgIpc) is 2.69. The van der Waals surface area contributed by atoms with E-state index in [4.69, 9.17) is 4.98 Å². The Hall–Kier alpha value is -2.50. The highest BCUT2D eigenvalue weighted by atomic mass is 79.9. The first-order valence-corrected chi connectivity index (χ1v) is 10.7. The fourth-order valence-corrected chi connectivity index (χ4v) is 4.08.